The number of fused-ring (bicyclic) bond motifs is 1. The number of halogens is 2. The molecule has 0 aliphatic carbocycles. The third-order valence-electron chi connectivity index (χ3n) is 6.33. The molecule has 2 aromatic rings. The van der Waals surface area contributed by atoms with Gasteiger partial charge in [-0.3, -0.25) is 19.8 Å². The fourth-order valence-electron chi connectivity index (χ4n) is 4.76. The van der Waals surface area contributed by atoms with Crippen LogP contribution in [0.5, 0.6) is 0 Å². The molecule has 2 aliphatic heterocycles. The molecule has 0 radical (unpaired) electrons. The Morgan fingerprint density at radius 2 is 1.97 bits per heavy atom. The molecule has 2 aliphatic rings. The van der Waals surface area contributed by atoms with Crippen LogP contribution in [0.4, 0.5) is 14.5 Å². The minimum absolute atomic E-state index is 0.138. The van der Waals surface area contributed by atoms with E-state index in [1.54, 1.807) is 36.6 Å². The van der Waals surface area contributed by atoms with E-state index in [1.807, 2.05) is 6.07 Å². The highest BCUT2D eigenvalue weighted by molar-refractivity contribution is 6.01. The molecule has 32 heavy (non-hydrogen) atoms. The molecule has 0 spiro atoms. The minimum Gasteiger partial charge on any atom is -0.362 e. The van der Waals surface area contributed by atoms with Crippen LogP contribution in [0.25, 0.3) is 11.0 Å². The van der Waals surface area contributed by atoms with Gasteiger partial charge in [0.05, 0.1) is 23.8 Å². The third-order valence-corrected chi connectivity index (χ3v) is 6.33. The molecule has 0 bridgehead atoms. The molecule has 7 nitrogen and oxygen atoms in total. The Bertz CT molecular complexity index is 990. The van der Waals surface area contributed by atoms with Gasteiger partial charge in [0, 0.05) is 50.6 Å². The quantitative estimate of drug-likeness (QED) is 0.718. The van der Waals surface area contributed by atoms with Crippen molar-refractivity contribution in [1.82, 2.24) is 20.2 Å². The summed E-state index contributed by atoms with van der Waals surface area (Å²) in [6.07, 6.45) is 6.79. The van der Waals surface area contributed by atoms with Gasteiger partial charge in [-0.25, -0.2) is 8.78 Å². The number of anilines is 1. The molecule has 2 fully saturated rings. The standard InChI is InChI=1S/C23H30F2N6O/c1-26-13-17-3-4-19(22-21(17)27-7-8-28-22)31-14-18(12-23(24,25)15-31)29-20(32)11-16-5-9-30(2)10-6-16/h3-4,7-8,13,16,18H,5-6,9-12,14-15H2,1-2H3,(H,29,32)/b26-13+. The number of nitrogens with one attached hydrogen (secondary N) is 1. The highest BCUT2D eigenvalue weighted by Crippen LogP contribution is 2.34. The van der Waals surface area contributed by atoms with Gasteiger partial charge in [-0.2, -0.15) is 0 Å². The zero-order valence-electron chi connectivity index (χ0n) is 18.6. The first-order chi connectivity index (χ1) is 15.3. The summed E-state index contributed by atoms with van der Waals surface area (Å²) in [5, 5.41) is 2.88. The number of nitrogens with zero attached hydrogens (tertiary/aromatic N) is 5. The zero-order chi connectivity index (χ0) is 22.7. The second kappa shape index (κ2) is 9.44. The van der Waals surface area contributed by atoms with Crippen LogP contribution in [0.3, 0.4) is 0 Å². The molecule has 1 aromatic carbocycles. The lowest BCUT2D eigenvalue weighted by Crippen LogP contribution is -2.55. The number of amides is 1. The molecule has 9 heteroatoms. The lowest BCUT2D eigenvalue weighted by atomic mass is 9.93. The Hall–Kier alpha value is -2.68. The van der Waals surface area contributed by atoms with Gasteiger partial charge < -0.3 is 15.1 Å². The number of rotatable bonds is 5. The maximum Gasteiger partial charge on any atom is 0.267 e. The number of alkyl halides is 2. The summed E-state index contributed by atoms with van der Waals surface area (Å²) in [5.74, 6) is -2.73. The SMILES string of the molecule is C/N=C/c1ccc(N2CC(NC(=O)CC3CCN(C)CC3)CC(F)(F)C2)c2nccnc12. The van der Waals surface area contributed by atoms with Crippen molar-refractivity contribution in [3.8, 4) is 0 Å². The van der Waals surface area contributed by atoms with Crippen molar-refractivity contribution in [1.29, 1.82) is 0 Å². The second-order valence-corrected chi connectivity index (χ2v) is 8.97. The van der Waals surface area contributed by atoms with Crippen LogP contribution < -0.4 is 10.2 Å². The first-order valence-corrected chi connectivity index (χ1v) is 11.1. The van der Waals surface area contributed by atoms with Crippen molar-refractivity contribution < 1.29 is 13.6 Å². The number of carbonyl (C=O) groups excluding carboxylic acids is 1. The second-order valence-electron chi connectivity index (χ2n) is 8.97. The van der Waals surface area contributed by atoms with Crippen LogP contribution in [0.2, 0.25) is 0 Å². The predicted molar refractivity (Wildman–Crippen MR) is 122 cm³/mol. The number of benzene rings is 1. The van der Waals surface area contributed by atoms with Gasteiger partial charge in [-0.1, -0.05) is 0 Å². The van der Waals surface area contributed by atoms with E-state index in [1.165, 1.54) is 0 Å². The molecular weight excluding hydrogens is 414 g/mol. The first kappa shape index (κ1) is 22.5. The smallest absolute Gasteiger partial charge is 0.267 e. The van der Waals surface area contributed by atoms with Gasteiger partial charge in [0.25, 0.3) is 5.92 Å². The number of hydrogen-bond acceptors (Lipinski definition) is 6. The van der Waals surface area contributed by atoms with Crippen molar-refractivity contribution in [2.24, 2.45) is 10.9 Å². The minimum atomic E-state index is -2.91. The maximum absolute atomic E-state index is 14.7. The lowest BCUT2D eigenvalue weighted by molar-refractivity contribution is -0.123. The van der Waals surface area contributed by atoms with Crippen LogP contribution in [0, 0.1) is 5.92 Å². The molecular formula is C23H30F2N6O. The number of piperidine rings is 2. The van der Waals surface area contributed by atoms with E-state index in [0.29, 0.717) is 35.6 Å². The van der Waals surface area contributed by atoms with Crippen molar-refractivity contribution in [3.63, 3.8) is 0 Å². The average Bonchev–Trinajstić information content (AvgIpc) is 2.74. The molecule has 1 unspecified atom stereocenters. The van der Waals surface area contributed by atoms with E-state index in [0.717, 1.165) is 31.5 Å². The molecule has 1 atom stereocenters. The summed E-state index contributed by atoms with van der Waals surface area (Å²) < 4.78 is 29.4. The summed E-state index contributed by atoms with van der Waals surface area (Å²) in [5.41, 5.74) is 2.55. The van der Waals surface area contributed by atoms with E-state index >= 15 is 0 Å². The van der Waals surface area contributed by atoms with E-state index in [2.05, 4.69) is 32.2 Å². The highest BCUT2D eigenvalue weighted by atomic mass is 19.3. The van der Waals surface area contributed by atoms with Crippen molar-refractivity contribution in [3.05, 3.63) is 30.1 Å². The number of aliphatic imine (C=N–C) groups is 1. The summed E-state index contributed by atoms with van der Waals surface area (Å²) >= 11 is 0. The fraction of sp³-hybridized carbons (Fsp3) is 0.565. The summed E-state index contributed by atoms with van der Waals surface area (Å²) in [7, 11) is 3.74. The van der Waals surface area contributed by atoms with E-state index in [9.17, 15) is 13.6 Å². The van der Waals surface area contributed by atoms with Gasteiger partial charge in [-0.15, -0.1) is 0 Å². The number of likely N-dealkylation sites (tertiary alicyclic amines) is 1. The van der Waals surface area contributed by atoms with Gasteiger partial charge in [0.1, 0.15) is 5.52 Å². The van der Waals surface area contributed by atoms with Gasteiger partial charge in [0.2, 0.25) is 5.91 Å². The van der Waals surface area contributed by atoms with E-state index in [4.69, 9.17) is 0 Å². The van der Waals surface area contributed by atoms with Crippen molar-refractivity contribution in [2.75, 3.05) is 45.2 Å². The monoisotopic (exact) mass is 444 g/mol. The molecule has 1 amide bonds. The normalized spacial score (nSPS) is 22.5. The number of carbonyl (C=O) groups is 1. The van der Waals surface area contributed by atoms with Gasteiger partial charge in [-0.05, 0) is 51.0 Å². The van der Waals surface area contributed by atoms with Crippen molar-refractivity contribution >= 4 is 28.8 Å². The lowest BCUT2D eigenvalue weighted by Gasteiger charge is -2.39. The Morgan fingerprint density at radius 3 is 2.69 bits per heavy atom. The summed E-state index contributed by atoms with van der Waals surface area (Å²) in [6.45, 7) is 1.84. The number of hydrogen-bond donors (Lipinski definition) is 1. The zero-order valence-corrected chi connectivity index (χ0v) is 18.6. The summed E-state index contributed by atoms with van der Waals surface area (Å²) in [6, 6.07) is 2.98. The van der Waals surface area contributed by atoms with Gasteiger partial charge >= 0.3 is 0 Å². The topological polar surface area (TPSA) is 73.7 Å². The van der Waals surface area contributed by atoms with Crippen LogP contribution in [0.1, 0.15) is 31.2 Å². The fourth-order valence-corrected chi connectivity index (χ4v) is 4.76. The Kier molecular flexibility index (Phi) is 6.64. The third kappa shape index (κ3) is 5.20. The molecule has 0 saturated carbocycles. The molecule has 4 rings (SSSR count). The molecule has 3 heterocycles. The highest BCUT2D eigenvalue weighted by Gasteiger charge is 2.41. The molecule has 1 aromatic heterocycles. The maximum atomic E-state index is 14.7. The van der Waals surface area contributed by atoms with Crippen LogP contribution in [-0.2, 0) is 4.79 Å². The largest absolute Gasteiger partial charge is 0.362 e. The Labute approximate surface area is 186 Å². The van der Waals surface area contributed by atoms with E-state index in [-0.39, 0.29) is 12.3 Å². The molecule has 1 N–H and O–H groups in total. The van der Waals surface area contributed by atoms with E-state index < -0.39 is 18.5 Å². The van der Waals surface area contributed by atoms with Crippen LogP contribution in [-0.4, -0.2) is 79.2 Å². The Morgan fingerprint density at radius 1 is 1.25 bits per heavy atom. The van der Waals surface area contributed by atoms with Gasteiger partial charge in [0.15, 0.2) is 0 Å². The van der Waals surface area contributed by atoms with Crippen molar-refractivity contribution in [2.45, 2.75) is 37.6 Å². The number of aromatic nitrogens is 2. The predicted octanol–water partition coefficient (Wildman–Crippen LogP) is 2.74. The summed E-state index contributed by atoms with van der Waals surface area (Å²) in [4.78, 5) is 29.3. The molecule has 2 saturated heterocycles. The van der Waals surface area contributed by atoms with Crippen LogP contribution in [0.15, 0.2) is 29.5 Å². The Balaban J connectivity index is 1.51. The van der Waals surface area contributed by atoms with Crippen LogP contribution >= 0.6 is 0 Å². The average molecular weight is 445 g/mol. The molecule has 172 valence electrons. The first-order valence-electron chi connectivity index (χ1n) is 11.1.